The maximum Gasteiger partial charge on any atom is 0.336 e. The first-order valence-corrected chi connectivity index (χ1v) is 7.15. The van der Waals surface area contributed by atoms with Gasteiger partial charge in [0.05, 0.1) is 11.1 Å². The fourth-order valence-electron chi connectivity index (χ4n) is 1.37. The second-order valence-electron chi connectivity index (χ2n) is 4.15. The van der Waals surface area contributed by atoms with Gasteiger partial charge >= 0.3 is 11.9 Å². The molecule has 0 aliphatic carbocycles. The van der Waals surface area contributed by atoms with E-state index in [4.69, 9.17) is 29.6 Å². The maximum absolute atomic E-state index is 10.5. The monoisotopic (exact) mass is 344 g/mol. The predicted molar refractivity (Wildman–Crippen MR) is 86.4 cm³/mol. The molecule has 0 aromatic heterocycles. The van der Waals surface area contributed by atoms with Crippen LogP contribution in [0.4, 0.5) is 0 Å². The van der Waals surface area contributed by atoms with Crippen LogP contribution in [-0.2, 0) is 14.3 Å². The molecule has 0 saturated carbocycles. The first-order chi connectivity index (χ1) is 11.2. The normalized spacial score (nSPS) is 9.21. The second kappa shape index (κ2) is 14.2. The Morgan fingerprint density at radius 2 is 1.21 bits per heavy atom. The van der Waals surface area contributed by atoms with E-state index in [1.807, 2.05) is 20.8 Å². The first kappa shape index (κ1) is 23.8. The number of benzene rings is 1. The summed E-state index contributed by atoms with van der Waals surface area (Å²) in [4.78, 5) is 29.9. The van der Waals surface area contributed by atoms with Gasteiger partial charge in [-0.3, -0.25) is 4.79 Å². The fourth-order valence-corrected chi connectivity index (χ4v) is 1.37. The van der Waals surface area contributed by atoms with Crippen molar-refractivity contribution in [1.82, 2.24) is 0 Å². The van der Waals surface area contributed by atoms with Crippen LogP contribution >= 0.6 is 0 Å². The number of carbonyl (C=O) groups is 3. The Morgan fingerprint density at radius 3 is 1.42 bits per heavy atom. The Balaban J connectivity index is 0. The molecule has 0 amide bonds. The molecule has 0 aliphatic rings. The molecule has 0 spiro atoms. The average Bonchev–Trinajstić information content (AvgIpc) is 2.47. The minimum Gasteiger partial charge on any atom is -0.481 e. The molecule has 1 rings (SSSR count). The molecular weight excluding hydrogens is 320 g/mol. The minimum atomic E-state index is -1.23. The highest BCUT2D eigenvalue weighted by molar-refractivity contribution is 6.01. The van der Waals surface area contributed by atoms with Crippen LogP contribution in [-0.4, -0.2) is 52.7 Å². The van der Waals surface area contributed by atoms with Crippen molar-refractivity contribution in [1.29, 1.82) is 0 Å². The van der Waals surface area contributed by atoms with Gasteiger partial charge in [0, 0.05) is 20.1 Å². The van der Waals surface area contributed by atoms with E-state index in [0.29, 0.717) is 0 Å². The molecule has 0 atom stereocenters. The summed E-state index contributed by atoms with van der Waals surface area (Å²) in [6.07, 6.45) is -0.0370. The molecule has 8 heteroatoms. The molecule has 8 nitrogen and oxygen atoms in total. The zero-order valence-electron chi connectivity index (χ0n) is 14.2. The molecule has 0 fully saturated rings. The Morgan fingerprint density at radius 1 is 0.917 bits per heavy atom. The zero-order valence-corrected chi connectivity index (χ0v) is 14.2. The van der Waals surface area contributed by atoms with Crippen molar-refractivity contribution in [2.45, 2.75) is 34.0 Å². The van der Waals surface area contributed by atoms with Crippen molar-refractivity contribution in [3.8, 4) is 0 Å². The molecule has 0 heterocycles. The van der Waals surface area contributed by atoms with Gasteiger partial charge in [-0.25, -0.2) is 9.59 Å². The summed E-state index contributed by atoms with van der Waals surface area (Å²) in [6.45, 7) is 8.33. The van der Waals surface area contributed by atoms with Crippen LogP contribution in [0, 0.1) is 0 Å². The predicted octanol–water partition coefficient (Wildman–Crippen LogP) is 2.58. The third-order valence-electron chi connectivity index (χ3n) is 2.19. The summed E-state index contributed by atoms with van der Waals surface area (Å²) in [6, 6.07) is 5.48. The van der Waals surface area contributed by atoms with Gasteiger partial charge in [0.15, 0.2) is 6.29 Å². The lowest BCUT2D eigenvalue weighted by Crippen LogP contribution is -2.11. The van der Waals surface area contributed by atoms with Crippen LogP contribution in [0.1, 0.15) is 48.4 Å². The number of hydrogen-bond donors (Lipinski definition) is 3. The number of aliphatic carboxylic acids is 1. The fraction of sp³-hybridized carbons (Fsp3) is 0.438. The van der Waals surface area contributed by atoms with Gasteiger partial charge in [-0.15, -0.1) is 0 Å². The van der Waals surface area contributed by atoms with Gasteiger partial charge in [0.2, 0.25) is 0 Å². The number of aromatic carboxylic acids is 2. The van der Waals surface area contributed by atoms with E-state index in [-0.39, 0.29) is 17.4 Å². The van der Waals surface area contributed by atoms with Gasteiger partial charge in [0.1, 0.15) is 0 Å². The summed E-state index contributed by atoms with van der Waals surface area (Å²) in [5.74, 6) is -3.29. The third kappa shape index (κ3) is 13.2. The molecule has 0 saturated heterocycles. The van der Waals surface area contributed by atoms with Crippen LogP contribution < -0.4 is 0 Å². The second-order valence-corrected chi connectivity index (χ2v) is 4.15. The highest BCUT2D eigenvalue weighted by atomic mass is 16.7. The molecule has 0 unspecified atom stereocenters. The topological polar surface area (TPSA) is 130 Å². The Labute approximate surface area is 140 Å². The van der Waals surface area contributed by atoms with Crippen LogP contribution in [0.3, 0.4) is 0 Å². The van der Waals surface area contributed by atoms with E-state index in [1.54, 1.807) is 0 Å². The van der Waals surface area contributed by atoms with Gasteiger partial charge < -0.3 is 24.8 Å². The molecule has 0 bridgehead atoms. The van der Waals surface area contributed by atoms with Gasteiger partial charge in [-0.2, -0.15) is 0 Å². The lowest BCUT2D eigenvalue weighted by molar-refractivity contribution is -0.134. The van der Waals surface area contributed by atoms with E-state index in [0.717, 1.165) is 20.1 Å². The number of ether oxygens (including phenoxy) is 2. The van der Waals surface area contributed by atoms with Crippen LogP contribution in [0.2, 0.25) is 0 Å². The number of carboxylic acid groups (broad SMARTS) is 3. The summed E-state index contributed by atoms with van der Waals surface area (Å²) in [5.41, 5.74) is -0.380. The van der Waals surface area contributed by atoms with E-state index >= 15 is 0 Å². The van der Waals surface area contributed by atoms with Crippen molar-refractivity contribution in [2.24, 2.45) is 0 Å². The van der Waals surface area contributed by atoms with Crippen LogP contribution in [0.25, 0.3) is 0 Å². The number of carboxylic acids is 3. The molecular formula is C16H24O8. The maximum atomic E-state index is 10.5. The molecule has 0 aliphatic heterocycles. The molecule has 3 N–H and O–H groups in total. The quantitative estimate of drug-likeness (QED) is 0.671. The molecule has 0 radical (unpaired) electrons. The highest BCUT2D eigenvalue weighted by Crippen LogP contribution is 2.07. The van der Waals surface area contributed by atoms with E-state index in [1.165, 1.54) is 24.3 Å². The molecule has 1 aromatic rings. The standard InChI is InChI=1S/C8H6O4.C6H14O2.C2H4O2/c9-7(10)5-3-1-2-4-6(5)8(11)12;1-4-7-6(3)8-5-2;1-2(3)4/h1-4H,(H,9,10)(H,11,12);6H,4-5H2,1-3H3;1H3,(H,3,4). The van der Waals surface area contributed by atoms with E-state index in [9.17, 15) is 9.59 Å². The lowest BCUT2D eigenvalue weighted by atomic mass is 10.1. The Bertz CT molecular complexity index is 470. The Kier molecular flexibility index (Phi) is 14.1. The number of hydrogen-bond acceptors (Lipinski definition) is 5. The summed E-state index contributed by atoms with van der Waals surface area (Å²) in [7, 11) is 0. The first-order valence-electron chi connectivity index (χ1n) is 7.15. The third-order valence-corrected chi connectivity index (χ3v) is 2.19. The summed E-state index contributed by atoms with van der Waals surface area (Å²) < 4.78 is 10.1. The van der Waals surface area contributed by atoms with Gasteiger partial charge in [-0.1, -0.05) is 12.1 Å². The van der Waals surface area contributed by atoms with Crippen molar-refractivity contribution in [3.63, 3.8) is 0 Å². The SMILES string of the molecule is CC(=O)O.CCOC(C)OCC.O=C(O)c1ccccc1C(=O)O. The van der Waals surface area contributed by atoms with Crippen molar-refractivity contribution in [3.05, 3.63) is 35.4 Å². The zero-order chi connectivity index (χ0) is 19.1. The summed E-state index contributed by atoms with van der Waals surface area (Å²) >= 11 is 0. The number of rotatable bonds is 6. The smallest absolute Gasteiger partial charge is 0.336 e. The molecule has 136 valence electrons. The highest BCUT2D eigenvalue weighted by Gasteiger charge is 2.13. The van der Waals surface area contributed by atoms with Crippen molar-refractivity contribution >= 4 is 17.9 Å². The molecule has 1 aromatic carbocycles. The largest absolute Gasteiger partial charge is 0.481 e. The molecule has 24 heavy (non-hydrogen) atoms. The van der Waals surface area contributed by atoms with Crippen molar-refractivity contribution < 1.29 is 39.2 Å². The minimum absolute atomic E-state index is 0.0370. The van der Waals surface area contributed by atoms with E-state index < -0.39 is 17.9 Å². The van der Waals surface area contributed by atoms with Crippen LogP contribution in [0.15, 0.2) is 24.3 Å². The van der Waals surface area contributed by atoms with E-state index in [2.05, 4.69) is 0 Å². The van der Waals surface area contributed by atoms with Gasteiger partial charge in [-0.05, 0) is 32.9 Å². The lowest BCUT2D eigenvalue weighted by Gasteiger charge is -2.09. The van der Waals surface area contributed by atoms with Crippen molar-refractivity contribution in [2.75, 3.05) is 13.2 Å². The average molecular weight is 344 g/mol. The van der Waals surface area contributed by atoms with Crippen LogP contribution in [0.5, 0.6) is 0 Å². The Hall–Kier alpha value is -2.45. The van der Waals surface area contributed by atoms with Gasteiger partial charge in [0.25, 0.3) is 5.97 Å². The summed E-state index contributed by atoms with van der Waals surface area (Å²) in [5, 5.41) is 24.5.